The van der Waals surface area contributed by atoms with Crippen LogP contribution in [-0.2, 0) is 14.8 Å². The summed E-state index contributed by atoms with van der Waals surface area (Å²) in [7, 11) is -3.21. The number of likely N-dealkylation sites (tertiary alicyclic amines) is 1. The van der Waals surface area contributed by atoms with Crippen LogP contribution in [0.15, 0.2) is 0 Å². The first-order valence-electron chi connectivity index (χ1n) is 7.36. The molecule has 7 heteroatoms. The van der Waals surface area contributed by atoms with Crippen LogP contribution in [0.2, 0.25) is 0 Å². The summed E-state index contributed by atoms with van der Waals surface area (Å²) in [5.41, 5.74) is 0. The lowest BCUT2D eigenvalue weighted by Crippen LogP contribution is -2.57. The number of piperidine rings is 2. The number of carbonyl (C=O) groups is 1. The molecule has 20 heavy (non-hydrogen) atoms. The maximum absolute atomic E-state index is 12.6. The molecule has 3 unspecified atom stereocenters. The third kappa shape index (κ3) is 4.17. The predicted octanol–water partition coefficient (Wildman–Crippen LogP) is -0.0853. The molecule has 6 nitrogen and oxygen atoms in total. The van der Waals surface area contributed by atoms with Gasteiger partial charge in [0.2, 0.25) is 15.9 Å². The lowest BCUT2D eigenvalue weighted by Gasteiger charge is -2.38. The molecule has 2 heterocycles. The topological polar surface area (TPSA) is 78.5 Å². The number of sulfonamides is 1. The third-order valence-electron chi connectivity index (χ3n) is 4.15. The van der Waals surface area contributed by atoms with E-state index in [9.17, 15) is 13.2 Å². The summed E-state index contributed by atoms with van der Waals surface area (Å²) in [6.07, 6.45) is 4.99. The van der Waals surface area contributed by atoms with Crippen LogP contribution in [0, 0.1) is 5.92 Å². The molecule has 2 saturated heterocycles. The first-order valence-corrected chi connectivity index (χ1v) is 9.25. The molecule has 0 saturated carbocycles. The Morgan fingerprint density at radius 1 is 1.30 bits per heavy atom. The van der Waals surface area contributed by atoms with Crippen LogP contribution in [0.4, 0.5) is 0 Å². The molecule has 0 aromatic carbocycles. The Bertz CT molecular complexity index is 452. The molecule has 2 aliphatic heterocycles. The third-order valence-corrected chi connectivity index (χ3v) is 4.91. The van der Waals surface area contributed by atoms with Crippen molar-refractivity contribution in [3.8, 4) is 0 Å². The van der Waals surface area contributed by atoms with Crippen molar-refractivity contribution in [1.82, 2.24) is 14.9 Å². The van der Waals surface area contributed by atoms with Gasteiger partial charge in [0.25, 0.3) is 0 Å². The van der Waals surface area contributed by atoms with Gasteiger partial charge in [0, 0.05) is 19.1 Å². The van der Waals surface area contributed by atoms with E-state index in [4.69, 9.17) is 0 Å². The van der Waals surface area contributed by atoms with Crippen LogP contribution in [0.25, 0.3) is 0 Å². The number of carbonyl (C=O) groups excluding carboxylic acids is 1. The highest BCUT2D eigenvalue weighted by Gasteiger charge is 2.33. The maximum atomic E-state index is 12.6. The van der Waals surface area contributed by atoms with Gasteiger partial charge < -0.3 is 10.2 Å². The molecule has 2 fully saturated rings. The standard InChI is InChI=1S/C13H25N3O3S/c1-10-5-3-7-14-12(10)13(17)16-8-4-6-11(9-16)15-20(2,18)19/h10-12,14-15H,3-9H2,1-2H3. The molecular formula is C13H25N3O3S. The minimum absolute atomic E-state index is 0.110. The summed E-state index contributed by atoms with van der Waals surface area (Å²) in [6.45, 7) is 4.20. The number of hydrogen-bond acceptors (Lipinski definition) is 4. The van der Waals surface area contributed by atoms with Crippen LogP contribution in [-0.4, -0.2) is 57.2 Å². The van der Waals surface area contributed by atoms with E-state index in [2.05, 4.69) is 17.0 Å². The molecule has 2 N–H and O–H groups in total. The summed E-state index contributed by atoms with van der Waals surface area (Å²) in [4.78, 5) is 14.4. The second kappa shape index (κ2) is 6.41. The summed E-state index contributed by atoms with van der Waals surface area (Å²) in [6, 6.07) is -0.262. The molecule has 0 aliphatic carbocycles. The highest BCUT2D eigenvalue weighted by molar-refractivity contribution is 7.88. The smallest absolute Gasteiger partial charge is 0.240 e. The fourth-order valence-corrected chi connectivity index (χ4v) is 3.95. The van der Waals surface area contributed by atoms with Crippen molar-refractivity contribution in [2.45, 2.75) is 44.7 Å². The average molecular weight is 303 g/mol. The molecule has 0 spiro atoms. The fraction of sp³-hybridized carbons (Fsp3) is 0.923. The minimum Gasteiger partial charge on any atom is -0.340 e. The normalized spacial score (nSPS) is 32.1. The van der Waals surface area contributed by atoms with Crippen molar-refractivity contribution in [3.63, 3.8) is 0 Å². The Kier molecular flexibility index (Phi) is 5.04. The van der Waals surface area contributed by atoms with Gasteiger partial charge in [-0.25, -0.2) is 13.1 Å². The first kappa shape index (κ1) is 15.7. The largest absolute Gasteiger partial charge is 0.340 e. The Morgan fingerprint density at radius 2 is 2.05 bits per heavy atom. The van der Waals surface area contributed by atoms with E-state index in [1.807, 2.05) is 4.90 Å². The number of nitrogens with one attached hydrogen (secondary N) is 2. The zero-order chi connectivity index (χ0) is 14.8. The Morgan fingerprint density at radius 3 is 2.70 bits per heavy atom. The van der Waals surface area contributed by atoms with E-state index >= 15 is 0 Å². The molecule has 0 aromatic rings. The first-order chi connectivity index (χ1) is 9.37. The van der Waals surface area contributed by atoms with Crippen molar-refractivity contribution in [1.29, 1.82) is 0 Å². The SMILES string of the molecule is CC1CCCNC1C(=O)N1CCCC(NS(C)(=O)=O)C1. The van der Waals surface area contributed by atoms with Crippen molar-refractivity contribution in [3.05, 3.63) is 0 Å². The van der Waals surface area contributed by atoms with Gasteiger partial charge in [-0.3, -0.25) is 4.79 Å². The van der Waals surface area contributed by atoms with Crippen LogP contribution in [0.1, 0.15) is 32.6 Å². The van der Waals surface area contributed by atoms with Crippen molar-refractivity contribution < 1.29 is 13.2 Å². The Labute approximate surface area is 121 Å². The van der Waals surface area contributed by atoms with E-state index in [-0.39, 0.29) is 18.0 Å². The zero-order valence-electron chi connectivity index (χ0n) is 12.3. The molecule has 116 valence electrons. The van der Waals surface area contributed by atoms with Gasteiger partial charge in [-0.15, -0.1) is 0 Å². The fourth-order valence-electron chi connectivity index (χ4n) is 3.15. The van der Waals surface area contributed by atoms with E-state index in [0.29, 0.717) is 12.5 Å². The van der Waals surface area contributed by atoms with Crippen LogP contribution in [0.5, 0.6) is 0 Å². The monoisotopic (exact) mass is 303 g/mol. The second-order valence-corrected chi connectivity index (χ2v) is 7.84. The van der Waals surface area contributed by atoms with Crippen molar-refractivity contribution in [2.24, 2.45) is 5.92 Å². The molecule has 2 aliphatic rings. The molecule has 0 bridgehead atoms. The van der Waals surface area contributed by atoms with E-state index in [0.717, 1.165) is 38.8 Å². The summed E-state index contributed by atoms with van der Waals surface area (Å²) in [5.74, 6) is 0.469. The van der Waals surface area contributed by atoms with E-state index < -0.39 is 10.0 Å². The molecule has 0 aromatic heterocycles. The summed E-state index contributed by atoms with van der Waals surface area (Å²) < 4.78 is 25.2. The van der Waals surface area contributed by atoms with E-state index in [1.165, 1.54) is 6.26 Å². The molecule has 3 atom stereocenters. The molecular weight excluding hydrogens is 278 g/mol. The second-order valence-electron chi connectivity index (χ2n) is 6.06. The quantitative estimate of drug-likeness (QED) is 0.764. The average Bonchev–Trinajstić information content (AvgIpc) is 2.37. The highest BCUT2D eigenvalue weighted by atomic mass is 32.2. The van der Waals surface area contributed by atoms with Gasteiger partial charge in [0.1, 0.15) is 0 Å². The van der Waals surface area contributed by atoms with Gasteiger partial charge in [-0.1, -0.05) is 6.92 Å². The summed E-state index contributed by atoms with van der Waals surface area (Å²) in [5, 5.41) is 3.30. The zero-order valence-corrected chi connectivity index (χ0v) is 13.1. The maximum Gasteiger partial charge on any atom is 0.240 e. The lowest BCUT2D eigenvalue weighted by molar-refractivity contribution is -0.136. The number of rotatable bonds is 3. The Balaban J connectivity index is 1.95. The van der Waals surface area contributed by atoms with Crippen molar-refractivity contribution >= 4 is 15.9 Å². The molecule has 0 radical (unpaired) electrons. The van der Waals surface area contributed by atoms with Gasteiger partial charge >= 0.3 is 0 Å². The van der Waals surface area contributed by atoms with Crippen LogP contribution in [0.3, 0.4) is 0 Å². The number of amides is 1. The van der Waals surface area contributed by atoms with Crippen molar-refractivity contribution in [2.75, 3.05) is 25.9 Å². The summed E-state index contributed by atoms with van der Waals surface area (Å²) >= 11 is 0. The number of nitrogens with zero attached hydrogens (tertiary/aromatic N) is 1. The predicted molar refractivity (Wildman–Crippen MR) is 77.8 cm³/mol. The molecule has 2 rings (SSSR count). The minimum atomic E-state index is -3.21. The molecule has 1 amide bonds. The van der Waals surface area contributed by atoms with Gasteiger partial charge in [-0.05, 0) is 38.1 Å². The van der Waals surface area contributed by atoms with E-state index in [1.54, 1.807) is 0 Å². The number of hydrogen-bond donors (Lipinski definition) is 2. The van der Waals surface area contributed by atoms with Crippen LogP contribution < -0.4 is 10.0 Å². The van der Waals surface area contributed by atoms with Gasteiger partial charge in [-0.2, -0.15) is 0 Å². The van der Waals surface area contributed by atoms with Gasteiger partial charge in [0.05, 0.1) is 12.3 Å². The Hall–Kier alpha value is -0.660. The van der Waals surface area contributed by atoms with Crippen LogP contribution >= 0.6 is 0 Å². The highest BCUT2D eigenvalue weighted by Crippen LogP contribution is 2.20. The lowest BCUT2D eigenvalue weighted by atomic mass is 9.91. The van der Waals surface area contributed by atoms with Gasteiger partial charge in [0.15, 0.2) is 0 Å².